The first kappa shape index (κ1) is 19.0. The molecular formula is C20H27Cl2NO2. The predicted molar refractivity (Wildman–Crippen MR) is 104 cm³/mol. The van der Waals surface area contributed by atoms with E-state index >= 15 is 0 Å². The second kappa shape index (κ2) is 9.27. The van der Waals surface area contributed by atoms with Crippen LogP contribution in [0.15, 0.2) is 29.8 Å². The summed E-state index contributed by atoms with van der Waals surface area (Å²) in [5.74, 6) is 0.656. The van der Waals surface area contributed by atoms with Gasteiger partial charge in [-0.1, -0.05) is 34.9 Å². The maximum atomic E-state index is 6.06. The Bertz CT molecular complexity index is 585. The van der Waals surface area contributed by atoms with Crippen LogP contribution in [0.5, 0.6) is 5.75 Å². The Morgan fingerprint density at radius 1 is 1.16 bits per heavy atom. The lowest BCUT2D eigenvalue weighted by Gasteiger charge is -2.29. The summed E-state index contributed by atoms with van der Waals surface area (Å²) in [7, 11) is 1.69. The highest BCUT2D eigenvalue weighted by Gasteiger charge is 2.28. The molecule has 0 radical (unpaired) electrons. The summed E-state index contributed by atoms with van der Waals surface area (Å²) in [5.41, 5.74) is 1.61. The van der Waals surface area contributed by atoms with Crippen molar-refractivity contribution < 1.29 is 9.47 Å². The Balaban J connectivity index is 1.58. The molecule has 0 aromatic heterocycles. The van der Waals surface area contributed by atoms with Gasteiger partial charge in [0.2, 0.25) is 6.29 Å². The van der Waals surface area contributed by atoms with Gasteiger partial charge in [-0.25, -0.2) is 0 Å². The fraction of sp³-hybridized carbons (Fsp3) is 0.600. The van der Waals surface area contributed by atoms with Crippen molar-refractivity contribution in [3.05, 3.63) is 39.9 Å². The van der Waals surface area contributed by atoms with Crippen LogP contribution in [0, 0.1) is 0 Å². The molecule has 1 fully saturated rings. The smallest absolute Gasteiger partial charge is 0.201 e. The number of nitrogens with zero attached hydrogens (tertiary/aromatic N) is 1. The van der Waals surface area contributed by atoms with Crippen molar-refractivity contribution >= 4 is 23.2 Å². The normalized spacial score (nSPS) is 22.7. The largest absolute Gasteiger partial charge is 0.465 e. The molecule has 1 heterocycles. The summed E-state index contributed by atoms with van der Waals surface area (Å²) in [6, 6.07) is 5.76. The van der Waals surface area contributed by atoms with E-state index in [9.17, 15) is 0 Å². The Morgan fingerprint density at radius 3 is 2.64 bits per heavy atom. The highest BCUT2D eigenvalue weighted by Crippen LogP contribution is 2.29. The van der Waals surface area contributed by atoms with Crippen LogP contribution >= 0.6 is 23.2 Å². The van der Waals surface area contributed by atoms with Gasteiger partial charge in [0.1, 0.15) is 5.75 Å². The van der Waals surface area contributed by atoms with E-state index in [1.54, 1.807) is 30.9 Å². The van der Waals surface area contributed by atoms with E-state index in [-0.39, 0.29) is 6.29 Å². The Morgan fingerprint density at radius 2 is 1.96 bits per heavy atom. The number of ether oxygens (including phenoxy) is 2. The van der Waals surface area contributed by atoms with E-state index in [2.05, 4.69) is 11.0 Å². The summed E-state index contributed by atoms with van der Waals surface area (Å²) in [5, 5.41) is 1.15. The van der Waals surface area contributed by atoms with Crippen molar-refractivity contribution in [2.24, 2.45) is 0 Å². The van der Waals surface area contributed by atoms with Crippen molar-refractivity contribution in [1.82, 2.24) is 4.90 Å². The molecule has 0 N–H and O–H groups in total. The minimum Gasteiger partial charge on any atom is -0.465 e. The SMILES string of the molecule is COC(CC1CCCN1CC1=CCCCC1)Oc1cc(Cl)cc(Cl)c1. The number of hydrogen-bond donors (Lipinski definition) is 0. The van der Waals surface area contributed by atoms with Crippen LogP contribution in [-0.2, 0) is 4.74 Å². The molecular weight excluding hydrogens is 357 g/mol. The maximum absolute atomic E-state index is 6.06. The molecule has 25 heavy (non-hydrogen) atoms. The minimum absolute atomic E-state index is 0.291. The lowest BCUT2D eigenvalue weighted by molar-refractivity contribution is -0.0693. The highest BCUT2D eigenvalue weighted by atomic mass is 35.5. The van der Waals surface area contributed by atoms with Crippen LogP contribution in [0.3, 0.4) is 0 Å². The molecule has 5 heteroatoms. The fourth-order valence-corrected chi connectivity index (χ4v) is 4.35. The number of hydrogen-bond acceptors (Lipinski definition) is 3. The van der Waals surface area contributed by atoms with Crippen LogP contribution in [-0.4, -0.2) is 37.4 Å². The lowest BCUT2D eigenvalue weighted by Crippen LogP contribution is -2.36. The van der Waals surface area contributed by atoms with Crippen LogP contribution in [0.2, 0.25) is 10.0 Å². The summed E-state index contributed by atoms with van der Waals surface area (Å²) in [6.07, 6.45) is 10.6. The van der Waals surface area contributed by atoms with Crippen LogP contribution in [0.1, 0.15) is 44.9 Å². The van der Waals surface area contributed by atoms with Crippen molar-refractivity contribution in [3.8, 4) is 5.75 Å². The minimum atomic E-state index is -0.291. The summed E-state index contributed by atoms with van der Waals surface area (Å²) in [6.45, 7) is 2.27. The van der Waals surface area contributed by atoms with Gasteiger partial charge >= 0.3 is 0 Å². The third-order valence-electron chi connectivity index (χ3n) is 5.12. The van der Waals surface area contributed by atoms with Gasteiger partial charge in [-0.05, 0) is 63.3 Å². The molecule has 0 amide bonds. The molecule has 2 unspecified atom stereocenters. The van der Waals surface area contributed by atoms with Gasteiger partial charge in [-0.15, -0.1) is 0 Å². The monoisotopic (exact) mass is 383 g/mol. The Labute approximate surface area is 160 Å². The predicted octanol–water partition coefficient (Wildman–Crippen LogP) is 5.70. The van der Waals surface area contributed by atoms with Gasteiger partial charge in [0.15, 0.2) is 0 Å². The van der Waals surface area contributed by atoms with E-state index in [1.807, 2.05) is 0 Å². The Kier molecular flexibility index (Phi) is 7.06. The molecule has 3 nitrogen and oxygen atoms in total. The number of halogens is 2. The molecule has 1 aliphatic heterocycles. The van der Waals surface area contributed by atoms with Crippen LogP contribution in [0.4, 0.5) is 0 Å². The molecule has 1 aromatic carbocycles. The van der Waals surface area contributed by atoms with Gasteiger partial charge in [0.25, 0.3) is 0 Å². The van der Waals surface area contributed by atoms with E-state index in [1.165, 1.54) is 45.1 Å². The third kappa shape index (κ3) is 5.62. The zero-order valence-corrected chi connectivity index (χ0v) is 16.4. The van der Waals surface area contributed by atoms with E-state index < -0.39 is 0 Å². The topological polar surface area (TPSA) is 21.7 Å². The standard InChI is InChI=1S/C20H27Cl2NO2/c1-24-20(25-19-11-16(21)10-17(22)12-19)13-18-8-5-9-23(18)14-15-6-3-2-4-7-15/h6,10-12,18,20H,2-5,7-9,13-14H2,1H3. The summed E-state index contributed by atoms with van der Waals surface area (Å²) >= 11 is 12.1. The average molecular weight is 384 g/mol. The molecule has 1 aliphatic carbocycles. The third-order valence-corrected chi connectivity index (χ3v) is 5.56. The molecule has 0 saturated carbocycles. The van der Waals surface area contributed by atoms with Crippen molar-refractivity contribution in [3.63, 3.8) is 0 Å². The quantitative estimate of drug-likeness (QED) is 0.445. The average Bonchev–Trinajstić information content (AvgIpc) is 3.01. The maximum Gasteiger partial charge on any atom is 0.201 e. The second-order valence-corrected chi connectivity index (χ2v) is 7.87. The zero-order valence-electron chi connectivity index (χ0n) is 14.8. The molecule has 3 rings (SSSR count). The van der Waals surface area contributed by atoms with Crippen LogP contribution in [0.25, 0.3) is 0 Å². The zero-order chi connectivity index (χ0) is 17.6. The van der Waals surface area contributed by atoms with E-state index in [4.69, 9.17) is 32.7 Å². The number of methoxy groups -OCH3 is 1. The Hall–Kier alpha value is -0.740. The number of rotatable bonds is 7. The van der Waals surface area contributed by atoms with E-state index in [0.717, 1.165) is 13.0 Å². The molecule has 1 aromatic rings. The van der Waals surface area contributed by atoms with Crippen molar-refractivity contribution in [1.29, 1.82) is 0 Å². The van der Waals surface area contributed by atoms with Crippen LogP contribution < -0.4 is 4.74 Å². The van der Waals surface area contributed by atoms with E-state index in [0.29, 0.717) is 21.8 Å². The molecule has 0 spiro atoms. The van der Waals surface area contributed by atoms with Crippen molar-refractivity contribution in [2.45, 2.75) is 57.3 Å². The number of allylic oxidation sites excluding steroid dienone is 1. The van der Waals surface area contributed by atoms with Gasteiger partial charge in [0.05, 0.1) is 0 Å². The number of benzene rings is 1. The van der Waals surface area contributed by atoms with Crippen molar-refractivity contribution in [2.75, 3.05) is 20.2 Å². The van der Waals surface area contributed by atoms with Gasteiger partial charge in [-0.2, -0.15) is 0 Å². The van der Waals surface area contributed by atoms with Gasteiger partial charge < -0.3 is 9.47 Å². The molecule has 138 valence electrons. The first-order chi connectivity index (χ1) is 12.1. The first-order valence-corrected chi connectivity index (χ1v) is 9.97. The summed E-state index contributed by atoms with van der Waals surface area (Å²) in [4.78, 5) is 2.59. The molecule has 2 atom stereocenters. The number of likely N-dealkylation sites (tertiary alicyclic amines) is 1. The highest BCUT2D eigenvalue weighted by molar-refractivity contribution is 6.34. The molecule has 0 bridgehead atoms. The fourth-order valence-electron chi connectivity index (χ4n) is 3.84. The lowest BCUT2D eigenvalue weighted by atomic mass is 9.99. The first-order valence-electron chi connectivity index (χ1n) is 9.21. The van der Waals surface area contributed by atoms with Gasteiger partial charge in [-0.3, -0.25) is 4.90 Å². The second-order valence-electron chi connectivity index (χ2n) is 7.00. The summed E-state index contributed by atoms with van der Waals surface area (Å²) < 4.78 is 11.6. The van der Waals surface area contributed by atoms with Gasteiger partial charge in [0, 0.05) is 36.2 Å². The molecule has 2 aliphatic rings. The molecule has 1 saturated heterocycles.